The summed E-state index contributed by atoms with van der Waals surface area (Å²) in [5.74, 6) is 1.30. The van der Waals surface area contributed by atoms with Crippen molar-refractivity contribution in [2.45, 2.75) is 6.92 Å². The van der Waals surface area contributed by atoms with Gasteiger partial charge in [0.2, 0.25) is 0 Å². The lowest BCUT2D eigenvalue weighted by Gasteiger charge is -2.14. The molecule has 116 valence electrons. The number of aryl methyl sites for hydroxylation is 1. The maximum Gasteiger partial charge on any atom is 0.175 e. The second-order valence-electron chi connectivity index (χ2n) is 4.61. The largest absolute Gasteiger partial charge is 0.493 e. The number of anilines is 2. The molecule has 0 aliphatic rings. The maximum atomic E-state index is 5.94. The van der Waals surface area contributed by atoms with Crippen LogP contribution >= 0.6 is 23.8 Å². The van der Waals surface area contributed by atoms with Crippen LogP contribution in [0.15, 0.2) is 36.4 Å². The van der Waals surface area contributed by atoms with E-state index in [-0.39, 0.29) is 0 Å². The molecule has 4 nitrogen and oxygen atoms in total. The van der Waals surface area contributed by atoms with Gasteiger partial charge in [0.25, 0.3) is 0 Å². The third kappa shape index (κ3) is 4.02. The van der Waals surface area contributed by atoms with Crippen LogP contribution in [0.1, 0.15) is 5.56 Å². The molecular weight excluding hydrogens is 320 g/mol. The molecule has 2 rings (SSSR count). The molecule has 0 spiro atoms. The molecule has 0 aliphatic heterocycles. The monoisotopic (exact) mass is 336 g/mol. The van der Waals surface area contributed by atoms with Crippen molar-refractivity contribution in [1.82, 2.24) is 0 Å². The molecule has 0 radical (unpaired) electrons. The van der Waals surface area contributed by atoms with Crippen molar-refractivity contribution in [3.63, 3.8) is 0 Å². The summed E-state index contributed by atoms with van der Waals surface area (Å²) in [5, 5.41) is 7.43. The molecule has 22 heavy (non-hydrogen) atoms. The third-order valence-corrected chi connectivity index (χ3v) is 3.52. The Morgan fingerprint density at radius 3 is 2.36 bits per heavy atom. The molecule has 2 aromatic carbocycles. The van der Waals surface area contributed by atoms with Crippen molar-refractivity contribution in [2.75, 3.05) is 24.9 Å². The lowest BCUT2D eigenvalue weighted by atomic mass is 10.2. The number of ether oxygens (including phenoxy) is 2. The minimum atomic E-state index is 0.484. The highest BCUT2D eigenvalue weighted by Gasteiger charge is 2.07. The smallest absolute Gasteiger partial charge is 0.175 e. The van der Waals surface area contributed by atoms with E-state index in [4.69, 9.17) is 33.3 Å². The van der Waals surface area contributed by atoms with E-state index in [1.54, 1.807) is 14.2 Å². The van der Waals surface area contributed by atoms with E-state index in [9.17, 15) is 0 Å². The van der Waals surface area contributed by atoms with Gasteiger partial charge >= 0.3 is 0 Å². The second kappa shape index (κ2) is 7.33. The van der Waals surface area contributed by atoms with Crippen molar-refractivity contribution in [1.29, 1.82) is 0 Å². The average Bonchev–Trinajstić information content (AvgIpc) is 2.50. The van der Waals surface area contributed by atoms with E-state index in [1.165, 1.54) is 0 Å². The van der Waals surface area contributed by atoms with Crippen LogP contribution < -0.4 is 20.1 Å². The summed E-state index contributed by atoms with van der Waals surface area (Å²) in [7, 11) is 3.19. The van der Waals surface area contributed by atoms with E-state index in [0.29, 0.717) is 21.6 Å². The van der Waals surface area contributed by atoms with Crippen LogP contribution in [0.4, 0.5) is 11.4 Å². The first kappa shape index (κ1) is 16.4. The summed E-state index contributed by atoms with van der Waals surface area (Å²) in [6.07, 6.45) is 0. The number of hydrogen-bond donors (Lipinski definition) is 2. The molecule has 2 N–H and O–H groups in total. The molecule has 0 atom stereocenters. The Bertz CT molecular complexity index is 692. The summed E-state index contributed by atoms with van der Waals surface area (Å²) in [4.78, 5) is 0. The Kier molecular flexibility index (Phi) is 5.46. The fourth-order valence-electron chi connectivity index (χ4n) is 1.97. The zero-order valence-electron chi connectivity index (χ0n) is 12.6. The number of nitrogens with one attached hydrogen (secondary N) is 2. The molecule has 0 aromatic heterocycles. The van der Waals surface area contributed by atoms with Gasteiger partial charge in [-0.1, -0.05) is 11.6 Å². The molecule has 0 saturated carbocycles. The zero-order valence-corrected chi connectivity index (χ0v) is 14.1. The van der Waals surface area contributed by atoms with Gasteiger partial charge in [-0.3, -0.25) is 0 Å². The van der Waals surface area contributed by atoms with Crippen LogP contribution in [-0.4, -0.2) is 19.3 Å². The van der Waals surface area contributed by atoms with Gasteiger partial charge < -0.3 is 20.1 Å². The summed E-state index contributed by atoms with van der Waals surface area (Å²) in [6, 6.07) is 11.1. The van der Waals surface area contributed by atoms with Crippen LogP contribution in [0.2, 0.25) is 5.02 Å². The van der Waals surface area contributed by atoms with E-state index < -0.39 is 0 Å². The highest BCUT2D eigenvalue weighted by molar-refractivity contribution is 7.80. The first-order chi connectivity index (χ1) is 10.5. The highest BCUT2D eigenvalue weighted by Crippen LogP contribution is 2.29. The predicted octanol–water partition coefficient (Wildman–Crippen LogP) is 4.47. The van der Waals surface area contributed by atoms with E-state index in [2.05, 4.69) is 10.6 Å². The molecule has 0 bridgehead atoms. The Morgan fingerprint density at radius 1 is 1.00 bits per heavy atom. The van der Waals surface area contributed by atoms with Crippen LogP contribution in [0, 0.1) is 6.92 Å². The topological polar surface area (TPSA) is 42.5 Å². The summed E-state index contributed by atoms with van der Waals surface area (Å²) in [5.41, 5.74) is 2.73. The van der Waals surface area contributed by atoms with Gasteiger partial charge in [-0.25, -0.2) is 0 Å². The first-order valence-corrected chi connectivity index (χ1v) is 7.38. The standard InChI is InChI=1S/C16H17ClN2O2S/c1-10-8-11(17)4-6-13(10)19-16(22)18-12-5-7-14(20-2)15(9-12)21-3/h4-9H,1-3H3,(H2,18,19,22). The molecule has 2 aromatic rings. The Labute approximate surface area is 140 Å². The molecule has 0 fully saturated rings. The van der Waals surface area contributed by atoms with Crippen molar-refractivity contribution in [2.24, 2.45) is 0 Å². The highest BCUT2D eigenvalue weighted by atomic mass is 35.5. The number of rotatable bonds is 4. The van der Waals surface area contributed by atoms with E-state index >= 15 is 0 Å². The van der Waals surface area contributed by atoms with Crippen LogP contribution in [-0.2, 0) is 0 Å². The maximum absolute atomic E-state index is 5.94. The summed E-state index contributed by atoms with van der Waals surface area (Å²) in [6.45, 7) is 1.97. The number of benzene rings is 2. The number of hydrogen-bond acceptors (Lipinski definition) is 3. The van der Waals surface area contributed by atoms with Crippen molar-refractivity contribution >= 4 is 40.3 Å². The van der Waals surface area contributed by atoms with Gasteiger partial charge in [-0.05, 0) is 55.0 Å². The minimum absolute atomic E-state index is 0.484. The van der Waals surface area contributed by atoms with Gasteiger partial charge in [-0.2, -0.15) is 0 Å². The van der Waals surface area contributed by atoms with Crippen LogP contribution in [0.3, 0.4) is 0 Å². The quantitative estimate of drug-likeness (QED) is 0.806. The fraction of sp³-hybridized carbons (Fsp3) is 0.188. The van der Waals surface area contributed by atoms with Gasteiger partial charge in [0.15, 0.2) is 16.6 Å². The van der Waals surface area contributed by atoms with Gasteiger partial charge in [0.05, 0.1) is 14.2 Å². The predicted molar refractivity (Wildman–Crippen MR) is 95.6 cm³/mol. The fourth-order valence-corrected chi connectivity index (χ4v) is 2.42. The number of thiocarbonyl (C=S) groups is 1. The summed E-state index contributed by atoms with van der Waals surface area (Å²) >= 11 is 11.3. The van der Waals surface area contributed by atoms with Crippen molar-refractivity contribution in [3.05, 3.63) is 47.0 Å². The van der Waals surface area contributed by atoms with E-state index in [1.807, 2.05) is 43.3 Å². The molecule has 0 heterocycles. The molecular formula is C16H17ClN2O2S. The number of halogens is 1. The van der Waals surface area contributed by atoms with Crippen molar-refractivity contribution < 1.29 is 9.47 Å². The molecule has 0 amide bonds. The SMILES string of the molecule is COc1ccc(NC(=S)Nc2ccc(Cl)cc2C)cc1OC. The Morgan fingerprint density at radius 2 is 1.73 bits per heavy atom. The third-order valence-electron chi connectivity index (χ3n) is 3.08. The molecule has 0 unspecified atom stereocenters. The Balaban J connectivity index is 2.08. The molecule has 0 saturated heterocycles. The molecule has 6 heteroatoms. The minimum Gasteiger partial charge on any atom is -0.493 e. The Hall–Kier alpha value is -1.98. The van der Waals surface area contributed by atoms with Crippen LogP contribution in [0.5, 0.6) is 11.5 Å². The van der Waals surface area contributed by atoms with E-state index in [0.717, 1.165) is 16.9 Å². The summed E-state index contributed by atoms with van der Waals surface area (Å²) < 4.78 is 10.5. The second-order valence-corrected chi connectivity index (χ2v) is 5.45. The van der Waals surface area contributed by atoms with Crippen molar-refractivity contribution in [3.8, 4) is 11.5 Å². The lowest BCUT2D eigenvalue weighted by Crippen LogP contribution is -2.19. The average molecular weight is 337 g/mol. The van der Waals surface area contributed by atoms with Crippen LogP contribution in [0.25, 0.3) is 0 Å². The zero-order chi connectivity index (χ0) is 16.1. The number of methoxy groups -OCH3 is 2. The van der Waals surface area contributed by atoms with Gasteiger partial charge in [-0.15, -0.1) is 0 Å². The lowest BCUT2D eigenvalue weighted by molar-refractivity contribution is 0.355. The first-order valence-electron chi connectivity index (χ1n) is 6.59. The molecule has 0 aliphatic carbocycles. The normalized spacial score (nSPS) is 10.0. The van der Waals surface area contributed by atoms with Gasteiger partial charge in [0, 0.05) is 22.5 Å². The van der Waals surface area contributed by atoms with Gasteiger partial charge in [0.1, 0.15) is 0 Å².